The van der Waals surface area contributed by atoms with Crippen molar-refractivity contribution in [3.63, 3.8) is 0 Å². The van der Waals surface area contributed by atoms with E-state index in [2.05, 4.69) is 10.3 Å². The Morgan fingerprint density at radius 1 is 1.19 bits per heavy atom. The molecule has 0 aliphatic carbocycles. The molecule has 36 heavy (non-hydrogen) atoms. The van der Waals surface area contributed by atoms with Gasteiger partial charge in [-0.15, -0.1) is 0 Å². The van der Waals surface area contributed by atoms with Crippen LogP contribution in [-0.2, 0) is 23.9 Å². The Kier molecular flexibility index (Phi) is 7.77. The maximum absolute atomic E-state index is 15.0. The van der Waals surface area contributed by atoms with E-state index in [1.165, 1.54) is 25.4 Å². The normalized spacial score (nSPS) is 19.6. The highest BCUT2D eigenvalue weighted by Gasteiger charge is 2.36. The summed E-state index contributed by atoms with van der Waals surface area (Å²) < 4.78 is 25.4. The first-order valence-electron chi connectivity index (χ1n) is 11.7. The molecule has 2 aliphatic heterocycles. The molecule has 1 unspecified atom stereocenters. The molecule has 11 heteroatoms. The smallest absolute Gasteiger partial charge is 0.340 e. The lowest BCUT2D eigenvalue weighted by atomic mass is 9.95. The van der Waals surface area contributed by atoms with Crippen molar-refractivity contribution in [2.75, 3.05) is 44.2 Å². The zero-order valence-electron chi connectivity index (χ0n) is 19.8. The predicted molar refractivity (Wildman–Crippen MR) is 126 cm³/mol. The fourth-order valence-electron chi connectivity index (χ4n) is 4.29. The van der Waals surface area contributed by atoms with E-state index in [1.807, 2.05) is 4.90 Å². The average molecular weight is 499 g/mol. The summed E-state index contributed by atoms with van der Waals surface area (Å²) in [6, 6.07) is 7.84. The Labute approximate surface area is 207 Å². The van der Waals surface area contributed by atoms with Gasteiger partial charge >= 0.3 is 11.9 Å². The van der Waals surface area contributed by atoms with Gasteiger partial charge in [0.15, 0.2) is 6.61 Å². The molecule has 2 aliphatic rings. The molecular formula is C25H27FN4O6. The largest absolute Gasteiger partial charge is 0.460 e. The van der Waals surface area contributed by atoms with Gasteiger partial charge in [0.25, 0.3) is 5.91 Å². The number of amides is 2. The van der Waals surface area contributed by atoms with E-state index in [4.69, 9.17) is 9.47 Å². The van der Waals surface area contributed by atoms with Crippen molar-refractivity contribution < 1.29 is 33.0 Å². The third kappa shape index (κ3) is 5.96. The first kappa shape index (κ1) is 25.1. The molecule has 1 aromatic carbocycles. The van der Waals surface area contributed by atoms with Crippen LogP contribution in [0.1, 0.15) is 35.2 Å². The van der Waals surface area contributed by atoms with Gasteiger partial charge in [-0.3, -0.25) is 19.4 Å². The van der Waals surface area contributed by atoms with Gasteiger partial charge in [-0.25, -0.2) is 9.18 Å². The standard InChI is InChI=1S/C25H27FN4O6/c1-16(31)28-14-19-12-20(25(34)36-19)17-4-5-22(21(26)11-17)29-7-9-30(10-8-29)23(32)15-35-24(33)18-3-2-6-27-13-18/h2-6,11,13,19-20H,7-10,12,14-15H2,1H3,(H,28,31)/t19?,20-/m1/s1. The van der Waals surface area contributed by atoms with E-state index >= 15 is 0 Å². The fraction of sp³-hybridized carbons (Fsp3) is 0.400. The molecule has 2 amide bonds. The summed E-state index contributed by atoms with van der Waals surface area (Å²) >= 11 is 0. The van der Waals surface area contributed by atoms with Crippen LogP contribution in [-0.4, -0.2) is 79.1 Å². The molecule has 2 fully saturated rings. The number of aromatic nitrogens is 1. The summed E-state index contributed by atoms with van der Waals surface area (Å²) in [4.78, 5) is 55.0. The van der Waals surface area contributed by atoms with Crippen LogP contribution >= 0.6 is 0 Å². The Bertz CT molecular complexity index is 1140. The van der Waals surface area contributed by atoms with Crippen molar-refractivity contribution >= 4 is 29.4 Å². The number of benzene rings is 1. The number of carbonyl (C=O) groups is 4. The third-order valence-electron chi connectivity index (χ3n) is 6.22. The maximum Gasteiger partial charge on any atom is 0.340 e. The van der Waals surface area contributed by atoms with Gasteiger partial charge in [0, 0.05) is 51.9 Å². The molecule has 0 saturated carbocycles. The zero-order chi connectivity index (χ0) is 25.7. The SMILES string of the molecule is CC(=O)NCC1C[C@H](c2ccc(N3CCN(C(=O)COC(=O)c4cccnc4)CC3)c(F)c2)C(=O)O1. The lowest BCUT2D eigenvalue weighted by Crippen LogP contribution is -2.50. The lowest BCUT2D eigenvalue weighted by molar-refractivity contribution is -0.142. The van der Waals surface area contributed by atoms with E-state index in [9.17, 15) is 23.6 Å². The Balaban J connectivity index is 1.28. The highest BCUT2D eigenvalue weighted by atomic mass is 19.1. The van der Waals surface area contributed by atoms with Crippen LogP contribution in [0.25, 0.3) is 0 Å². The number of cyclic esters (lactones) is 1. The number of nitrogens with one attached hydrogen (secondary N) is 1. The molecule has 10 nitrogen and oxygen atoms in total. The molecule has 3 heterocycles. The number of ether oxygens (including phenoxy) is 2. The van der Waals surface area contributed by atoms with E-state index in [1.54, 1.807) is 29.2 Å². The number of hydrogen-bond acceptors (Lipinski definition) is 8. The van der Waals surface area contributed by atoms with Crippen molar-refractivity contribution in [3.8, 4) is 0 Å². The molecule has 2 atom stereocenters. The van der Waals surface area contributed by atoms with Crippen LogP contribution in [0.15, 0.2) is 42.7 Å². The number of halogens is 1. The van der Waals surface area contributed by atoms with Gasteiger partial charge in [-0.2, -0.15) is 0 Å². The molecule has 2 saturated heterocycles. The van der Waals surface area contributed by atoms with Crippen LogP contribution in [0.5, 0.6) is 0 Å². The average Bonchev–Trinajstić information content (AvgIpc) is 3.26. The van der Waals surface area contributed by atoms with Crippen LogP contribution < -0.4 is 10.2 Å². The molecule has 0 radical (unpaired) electrons. The first-order valence-corrected chi connectivity index (χ1v) is 11.7. The summed E-state index contributed by atoms with van der Waals surface area (Å²) in [6.07, 6.45) is 2.82. The second kappa shape index (κ2) is 11.1. The third-order valence-corrected chi connectivity index (χ3v) is 6.22. The van der Waals surface area contributed by atoms with Gasteiger partial charge in [0.05, 0.1) is 23.7 Å². The first-order chi connectivity index (χ1) is 17.3. The Hall–Kier alpha value is -4.02. The number of piperazine rings is 1. The van der Waals surface area contributed by atoms with Crippen LogP contribution in [0.3, 0.4) is 0 Å². The van der Waals surface area contributed by atoms with Crippen LogP contribution in [0.2, 0.25) is 0 Å². The minimum atomic E-state index is -0.621. The van der Waals surface area contributed by atoms with Gasteiger partial charge in [0.2, 0.25) is 5.91 Å². The van der Waals surface area contributed by atoms with Crippen LogP contribution in [0, 0.1) is 5.82 Å². The van der Waals surface area contributed by atoms with E-state index in [-0.39, 0.29) is 30.5 Å². The summed E-state index contributed by atoms with van der Waals surface area (Å²) in [5, 5.41) is 2.62. The quantitative estimate of drug-likeness (QED) is 0.567. The fourth-order valence-corrected chi connectivity index (χ4v) is 4.29. The minimum Gasteiger partial charge on any atom is -0.460 e. The van der Waals surface area contributed by atoms with Gasteiger partial charge in [0.1, 0.15) is 11.9 Å². The van der Waals surface area contributed by atoms with Gasteiger partial charge in [-0.05, 0) is 29.8 Å². The molecule has 0 spiro atoms. The number of anilines is 1. The topological polar surface area (TPSA) is 118 Å². The van der Waals surface area contributed by atoms with E-state index in [0.717, 1.165) is 0 Å². The molecule has 2 aromatic rings. The lowest BCUT2D eigenvalue weighted by Gasteiger charge is -2.36. The summed E-state index contributed by atoms with van der Waals surface area (Å²) in [6.45, 7) is 2.75. The highest BCUT2D eigenvalue weighted by molar-refractivity contribution is 5.91. The second-order valence-corrected chi connectivity index (χ2v) is 8.68. The zero-order valence-corrected chi connectivity index (χ0v) is 19.8. The van der Waals surface area contributed by atoms with Crippen molar-refractivity contribution in [3.05, 3.63) is 59.7 Å². The maximum atomic E-state index is 15.0. The Morgan fingerprint density at radius 3 is 2.64 bits per heavy atom. The number of rotatable bonds is 7. The number of pyridine rings is 1. The number of esters is 2. The van der Waals surface area contributed by atoms with Crippen molar-refractivity contribution in [2.24, 2.45) is 0 Å². The van der Waals surface area contributed by atoms with Crippen molar-refractivity contribution in [1.82, 2.24) is 15.2 Å². The molecule has 190 valence electrons. The summed E-state index contributed by atoms with van der Waals surface area (Å²) in [5.41, 5.74) is 1.17. The Morgan fingerprint density at radius 2 is 1.97 bits per heavy atom. The monoisotopic (exact) mass is 498 g/mol. The second-order valence-electron chi connectivity index (χ2n) is 8.68. The van der Waals surface area contributed by atoms with Crippen LogP contribution in [0.4, 0.5) is 10.1 Å². The van der Waals surface area contributed by atoms with Gasteiger partial charge in [-0.1, -0.05) is 6.07 Å². The van der Waals surface area contributed by atoms with E-state index < -0.39 is 29.8 Å². The van der Waals surface area contributed by atoms with Gasteiger partial charge < -0.3 is 24.6 Å². The van der Waals surface area contributed by atoms with Crippen molar-refractivity contribution in [1.29, 1.82) is 0 Å². The molecule has 1 N–H and O–H groups in total. The number of carbonyl (C=O) groups excluding carboxylic acids is 4. The highest BCUT2D eigenvalue weighted by Crippen LogP contribution is 2.33. The molecule has 4 rings (SSSR count). The summed E-state index contributed by atoms with van der Waals surface area (Å²) in [5.74, 6) is -2.64. The summed E-state index contributed by atoms with van der Waals surface area (Å²) in [7, 11) is 0. The predicted octanol–water partition coefficient (Wildman–Crippen LogP) is 1.26. The molecule has 1 aromatic heterocycles. The number of nitrogens with zero attached hydrogens (tertiary/aromatic N) is 3. The van der Waals surface area contributed by atoms with E-state index in [0.29, 0.717) is 43.9 Å². The molecule has 0 bridgehead atoms. The number of hydrogen-bond donors (Lipinski definition) is 1. The molecular weight excluding hydrogens is 471 g/mol. The minimum absolute atomic E-state index is 0.211. The van der Waals surface area contributed by atoms with Crippen molar-refractivity contribution in [2.45, 2.75) is 25.4 Å².